The Morgan fingerprint density at radius 1 is 1.04 bits per heavy atom. The molecular formula is C19H24N2O4. The Bertz CT molecular complexity index is 642. The van der Waals surface area contributed by atoms with Crippen molar-refractivity contribution in [3.05, 3.63) is 65.7 Å². The van der Waals surface area contributed by atoms with Gasteiger partial charge in [-0.15, -0.1) is 0 Å². The molecule has 2 aromatic rings. The van der Waals surface area contributed by atoms with Crippen LogP contribution in [-0.4, -0.2) is 36.9 Å². The first-order valence-corrected chi connectivity index (χ1v) is 7.28. The lowest BCUT2D eigenvalue weighted by molar-refractivity contribution is -0.109. The maximum Gasteiger partial charge on any atom is 0.251 e. The number of aliphatic hydroxyl groups is 1. The lowest BCUT2D eigenvalue weighted by Crippen LogP contribution is -2.37. The summed E-state index contributed by atoms with van der Waals surface area (Å²) in [6.07, 6.45) is 1.71. The lowest BCUT2D eigenvalue weighted by Gasteiger charge is -2.13. The van der Waals surface area contributed by atoms with E-state index in [9.17, 15) is 14.4 Å². The van der Waals surface area contributed by atoms with Crippen LogP contribution < -0.4 is 10.6 Å². The molecule has 0 saturated heterocycles. The molecular weight excluding hydrogens is 320 g/mol. The number of anilines is 1. The van der Waals surface area contributed by atoms with Crippen molar-refractivity contribution in [2.24, 2.45) is 0 Å². The predicted molar refractivity (Wildman–Crippen MR) is 98.5 cm³/mol. The number of nitrogens with one attached hydrogen (secondary N) is 2. The highest BCUT2D eigenvalue weighted by Gasteiger charge is 2.13. The van der Waals surface area contributed by atoms with Crippen LogP contribution in [0.15, 0.2) is 54.6 Å². The maximum absolute atomic E-state index is 12.0. The quantitative estimate of drug-likeness (QED) is 0.670. The summed E-state index contributed by atoms with van der Waals surface area (Å²) < 4.78 is 0. The molecule has 0 bridgehead atoms. The Kier molecular flexibility index (Phi) is 10.9. The highest BCUT2D eigenvalue weighted by molar-refractivity contribution is 5.95. The smallest absolute Gasteiger partial charge is 0.251 e. The average Bonchev–Trinajstić information content (AvgIpc) is 2.65. The summed E-state index contributed by atoms with van der Waals surface area (Å²) in [4.78, 5) is 33.5. The second kappa shape index (κ2) is 12.4. The number of hydrogen-bond donors (Lipinski definition) is 3. The van der Waals surface area contributed by atoms with Crippen LogP contribution in [0.25, 0.3) is 0 Å². The molecule has 0 heterocycles. The van der Waals surface area contributed by atoms with Gasteiger partial charge in [-0.25, -0.2) is 0 Å². The van der Waals surface area contributed by atoms with Crippen molar-refractivity contribution in [2.75, 3.05) is 12.4 Å². The molecule has 1 atom stereocenters. The van der Waals surface area contributed by atoms with Gasteiger partial charge in [0.05, 0.1) is 6.04 Å². The Balaban J connectivity index is 0.00000185. The van der Waals surface area contributed by atoms with Crippen molar-refractivity contribution in [2.45, 2.75) is 19.9 Å². The first kappa shape index (κ1) is 22.0. The minimum atomic E-state index is -0.599. The summed E-state index contributed by atoms with van der Waals surface area (Å²) in [5.74, 6) is -0.281. The number of carbonyl (C=O) groups is 3. The van der Waals surface area contributed by atoms with E-state index in [1.54, 1.807) is 48.5 Å². The summed E-state index contributed by atoms with van der Waals surface area (Å²) in [5.41, 5.74) is 2.08. The van der Waals surface area contributed by atoms with Crippen LogP contribution in [-0.2, 0) is 16.0 Å². The normalized spacial score (nSPS) is 10.2. The average molecular weight is 344 g/mol. The van der Waals surface area contributed by atoms with Crippen molar-refractivity contribution in [3.8, 4) is 0 Å². The number of aliphatic hydroxyl groups excluding tert-OH is 1. The lowest BCUT2D eigenvalue weighted by atomic mass is 10.1. The van der Waals surface area contributed by atoms with E-state index in [0.29, 0.717) is 24.1 Å². The minimum absolute atomic E-state index is 0. The molecule has 2 amide bonds. The van der Waals surface area contributed by atoms with Gasteiger partial charge in [-0.1, -0.05) is 37.8 Å². The van der Waals surface area contributed by atoms with Gasteiger partial charge in [0.25, 0.3) is 5.91 Å². The van der Waals surface area contributed by atoms with Crippen LogP contribution in [0.1, 0.15) is 23.3 Å². The van der Waals surface area contributed by atoms with E-state index in [2.05, 4.69) is 10.6 Å². The van der Waals surface area contributed by atoms with Gasteiger partial charge in [0.15, 0.2) is 0 Å². The first-order chi connectivity index (χ1) is 11.7. The van der Waals surface area contributed by atoms with Gasteiger partial charge in [-0.2, -0.15) is 0 Å². The van der Waals surface area contributed by atoms with E-state index >= 15 is 0 Å². The Labute approximate surface area is 147 Å². The maximum atomic E-state index is 12.0. The number of amides is 2. The third kappa shape index (κ3) is 7.41. The number of rotatable bonds is 7. The van der Waals surface area contributed by atoms with Gasteiger partial charge in [0.2, 0.25) is 6.41 Å². The highest BCUT2D eigenvalue weighted by atomic mass is 16.2. The van der Waals surface area contributed by atoms with Gasteiger partial charge >= 0.3 is 0 Å². The number of carbonyl (C=O) groups excluding carboxylic acids is 3. The van der Waals surface area contributed by atoms with Crippen molar-refractivity contribution in [1.82, 2.24) is 5.32 Å². The summed E-state index contributed by atoms with van der Waals surface area (Å²) in [6.45, 7) is 0. The molecule has 0 spiro atoms. The molecule has 0 fully saturated rings. The van der Waals surface area contributed by atoms with E-state index in [1.165, 1.54) is 0 Å². The Hall–Kier alpha value is -2.99. The molecule has 0 radical (unpaired) electrons. The third-order valence-electron chi connectivity index (χ3n) is 3.15. The Morgan fingerprint density at radius 3 is 2.16 bits per heavy atom. The molecule has 134 valence electrons. The van der Waals surface area contributed by atoms with Crippen LogP contribution >= 0.6 is 0 Å². The second-order valence-corrected chi connectivity index (χ2v) is 4.75. The summed E-state index contributed by atoms with van der Waals surface area (Å²) in [5, 5.41) is 12.2. The van der Waals surface area contributed by atoms with Gasteiger partial charge in [0, 0.05) is 18.4 Å². The van der Waals surface area contributed by atoms with E-state index < -0.39 is 6.04 Å². The largest absolute Gasteiger partial charge is 0.400 e. The molecule has 1 unspecified atom stereocenters. The standard InChI is InChI=1S/C17H16N2O3.CH4O.CH4/c20-11-16(19-17(22)14-4-2-1-3-5-14)10-13-6-8-15(9-7-13)18-12-21;1-2;/h1-9,11-12,16H,10H2,(H,18,21)(H,19,22);2H,1H3;1H4. The fourth-order valence-electron chi connectivity index (χ4n) is 2.03. The zero-order valence-corrected chi connectivity index (χ0v) is 13.3. The van der Waals surface area contributed by atoms with Crippen LogP contribution in [0, 0.1) is 0 Å². The van der Waals surface area contributed by atoms with Crippen LogP contribution in [0.2, 0.25) is 0 Å². The molecule has 0 aliphatic heterocycles. The molecule has 6 nitrogen and oxygen atoms in total. The number of hydrogen-bond acceptors (Lipinski definition) is 4. The van der Waals surface area contributed by atoms with E-state index in [4.69, 9.17) is 5.11 Å². The molecule has 0 saturated carbocycles. The van der Waals surface area contributed by atoms with Crippen molar-refractivity contribution >= 4 is 24.3 Å². The van der Waals surface area contributed by atoms with Crippen molar-refractivity contribution in [1.29, 1.82) is 0 Å². The fraction of sp³-hybridized carbons (Fsp3) is 0.211. The number of aldehydes is 1. The molecule has 0 aliphatic rings. The molecule has 2 aromatic carbocycles. The zero-order valence-electron chi connectivity index (χ0n) is 13.3. The van der Waals surface area contributed by atoms with E-state index in [0.717, 1.165) is 19.0 Å². The molecule has 0 aliphatic carbocycles. The van der Waals surface area contributed by atoms with Gasteiger partial charge in [0.1, 0.15) is 6.29 Å². The minimum Gasteiger partial charge on any atom is -0.400 e. The monoisotopic (exact) mass is 344 g/mol. The first-order valence-electron chi connectivity index (χ1n) is 7.28. The third-order valence-corrected chi connectivity index (χ3v) is 3.15. The van der Waals surface area contributed by atoms with Crippen LogP contribution in [0.3, 0.4) is 0 Å². The molecule has 6 heteroatoms. The molecule has 0 aromatic heterocycles. The second-order valence-electron chi connectivity index (χ2n) is 4.75. The summed E-state index contributed by atoms with van der Waals surface area (Å²) in [6, 6.07) is 15.2. The summed E-state index contributed by atoms with van der Waals surface area (Å²) >= 11 is 0. The van der Waals surface area contributed by atoms with Gasteiger partial charge in [-0.3, -0.25) is 9.59 Å². The highest BCUT2D eigenvalue weighted by Crippen LogP contribution is 2.10. The van der Waals surface area contributed by atoms with Crippen LogP contribution in [0.5, 0.6) is 0 Å². The zero-order chi connectivity index (χ0) is 17.8. The SMILES string of the molecule is C.CO.O=CNc1ccc(CC(C=O)NC(=O)c2ccccc2)cc1. The molecule has 2 rings (SSSR count). The fourth-order valence-corrected chi connectivity index (χ4v) is 2.03. The van der Waals surface area contributed by atoms with E-state index in [-0.39, 0.29) is 13.3 Å². The summed E-state index contributed by atoms with van der Waals surface area (Å²) in [7, 11) is 1.00. The van der Waals surface area contributed by atoms with Gasteiger partial charge in [-0.05, 0) is 36.2 Å². The Morgan fingerprint density at radius 2 is 1.64 bits per heavy atom. The molecule has 3 N–H and O–H groups in total. The van der Waals surface area contributed by atoms with E-state index in [1.807, 2.05) is 6.07 Å². The van der Waals surface area contributed by atoms with Crippen molar-refractivity contribution in [3.63, 3.8) is 0 Å². The van der Waals surface area contributed by atoms with Crippen LogP contribution in [0.4, 0.5) is 5.69 Å². The van der Waals surface area contributed by atoms with Crippen molar-refractivity contribution < 1.29 is 19.5 Å². The predicted octanol–water partition coefficient (Wildman–Crippen LogP) is 2.04. The number of benzene rings is 2. The molecule has 25 heavy (non-hydrogen) atoms. The van der Waals surface area contributed by atoms with Gasteiger partial charge < -0.3 is 20.5 Å². The topological polar surface area (TPSA) is 95.5 Å².